The summed E-state index contributed by atoms with van der Waals surface area (Å²) in [4.78, 5) is 27.8. The van der Waals surface area contributed by atoms with Crippen molar-refractivity contribution >= 4 is 39.1 Å². The van der Waals surface area contributed by atoms with Crippen LogP contribution in [0.1, 0.15) is 37.8 Å². The van der Waals surface area contributed by atoms with Crippen molar-refractivity contribution in [2.45, 2.75) is 45.5 Å². The number of nitrogens with one attached hydrogen (secondary N) is 1. The van der Waals surface area contributed by atoms with Crippen LogP contribution >= 0.6 is 11.6 Å². The number of carbonyl (C=O) groups is 2. The molecule has 0 aliphatic carbocycles. The minimum atomic E-state index is -4.84. The molecule has 0 unspecified atom stereocenters. The Balaban J connectivity index is 2.52. The molecule has 2 aromatic carbocycles. The van der Waals surface area contributed by atoms with Gasteiger partial charge in [-0.25, -0.2) is 8.42 Å². The Kier molecular flexibility index (Phi) is 10.8. The number of alkyl halides is 3. The van der Waals surface area contributed by atoms with Crippen LogP contribution in [0.2, 0.25) is 5.02 Å². The molecule has 2 amide bonds. The smallest absolute Gasteiger partial charge is 0.417 e. The highest BCUT2D eigenvalue weighted by molar-refractivity contribution is 7.92. The molecule has 0 aromatic heterocycles. The Morgan fingerprint density at radius 2 is 1.82 bits per heavy atom. The quantitative estimate of drug-likeness (QED) is 0.402. The second-order valence-electron chi connectivity index (χ2n) is 8.52. The summed E-state index contributed by atoms with van der Waals surface area (Å²) in [5.41, 5.74) is -1.02. The highest BCUT2D eigenvalue weighted by Crippen LogP contribution is 2.37. The summed E-state index contributed by atoms with van der Waals surface area (Å²) < 4.78 is 71.4. The third-order valence-corrected chi connectivity index (χ3v) is 7.11. The Morgan fingerprint density at radius 1 is 1.13 bits per heavy atom. The van der Waals surface area contributed by atoms with Crippen LogP contribution in [0.4, 0.5) is 18.9 Å². The number of anilines is 1. The number of methoxy groups -OCH3 is 1. The minimum Gasteiger partial charge on any atom is -0.497 e. The van der Waals surface area contributed by atoms with Crippen LogP contribution in [-0.2, 0) is 32.3 Å². The molecule has 210 valence electrons. The number of halogens is 4. The fraction of sp³-hybridized carbons (Fsp3) is 0.440. The van der Waals surface area contributed by atoms with Gasteiger partial charge in [-0.1, -0.05) is 37.6 Å². The second kappa shape index (κ2) is 13.2. The molecular formula is C25H31ClF3N3O5S. The number of hydrogen-bond acceptors (Lipinski definition) is 5. The molecular weight excluding hydrogens is 547 g/mol. The lowest BCUT2D eigenvalue weighted by molar-refractivity contribution is -0.140. The monoisotopic (exact) mass is 577 g/mol. The summed E-state index contributed by atoms with van der Waals surface area (Å²) in [6.45, 7) is 3.03. The molecule has 2 aromatic rings. The van der Waals surface area contributed by atoms with Crippen LogP contribution < -0.4 is 14.4 Å². The summed E-state index contributed by atoms with van der Waals surface area (Å²) in [6.07, 6.45) is -3.20. The first-order valence-corrected chi connectivity index (χ1v) is 14.0. The molecule has 0 aliphatic rings. The SMILES string of the molecule is CCCNC(=O)[C@@H](CC)N(Cc1cccc(OC)c1)C(=O)CN(c1ccc(Cl)c(C(F)(F)F)c1)S(C)(=O)=O. The van der Waals surface area contributed by atoms with E-state index in [9.17, 15) is 31.2 Å². The van der Waals surface area contributed by atoms with Gasteiger partial charge >= 0.3 is 6.18 Å². The van der Waals surface area contributed by atoms with Gasteiger partial charge in [0.15, 0.2) is 0 Å². The lowest BCUT2D eigenvalue weighted by Gasteiger charge is -2.33. The van der Waals surface area contributed by atoms with E-state index in [-0.39, 0.29) is 18.7 Å². The lowest BCUT2D eigenvalue weighted by Crippen LogP contribution is -2.52. The molecule has 38 heavy (non-hydrogen) atoms. The van der Waals surface area contributed by atoms with Crippen molar-refractivity contribution < 1.29 is 35.9 Å². The van der Waals surface area contributed by atoms with Crippen molar-refractivity contribution in [1.82, 2.24) is 10.2 Å². The molecule has 8 nitrogen and oxygen atoms in total. The molecule has 0 radical (unpaired) electrons. The first-order chi connectivity index (χ1) is 17.7. The fourth-order valence-corrected chi connectivity index (χ4v) is 4.82. The highest BCUT2D eigenvalue weighted by atomic mass is 35.5. The maximum Gasteiger partial charge on any atom is 0.417 e. The first-order valence-electron chi connectivity index (χ1n) is 11.8. The van der Waals surface area contributed by atoms with E-state index >= 15 is 0 Å². The number of hydrogen-bond donors (Lipinski definition) is 1. The molecule has 1 atom stereocenters. The largest absolute Gasteiger partial charge is 0.497 e. The molecule has 0 fully saturated rings. The Bertz CT molecular complexity index is 1240. The molecule has 2 rings (SSSR count). The van der Waals surface area contributed by atoms with Crippen LogP contribution in [0.3, 0.4) is 0 Å². The van der Waals surface area contributed by atoms with Gasteiger partial charge in [0.2, 0.25) is 21.8 Å². The van der Waals surface area contributed by atoms with Crippen LogP contribution in [0.5, 0.6) is 5.75 Å². The number of amides is 2. The van der Waals surface area contributed by atoms with Gasteiger partial charge in [-0.15, -0.1) is 0 Å². The number of carbonyl (C=O) groups excluding carboxylic acids is 2. The van der Waals surface area contributed by atoms with E-state index in [2.05, 4.69) is 5.32 Å². The van der Waals surface area contributed by atoms with Crippen LogP contribution in [0.15, 0.2) is 42.5 Å². The minimum absolute atomic E-state index is 0.0693. The van der Waals surface area contributed by atoms with Crippen molar-refractivity contribution in [2.75, 3.05) is 30.8 Å². The molecule has 0 heterocycles. The van der Waals surface area contributed by atoms with Gasteiger partial charge in [0.1, 0.15) is 18.3 Å². The summed E-state index contributed by atoms with van der Waals surface area (Å²) in [6, 6.07) is 8.40. The van der Waals surface area contributed by atoms with Gasteiger partial charge in [-0.05, 0) is 48.7 Å². The predicted octanol–water partition coefficient (Wildman–Crippen LogP) is 4.47. The summed E-state index contributed by atoms with van der Waals surface area (Å²) in [7, 11) is -2.74. The zero-order chi connectivity index (χ0) is 28.7. The van der Waals surface area contributed by atoms with E-state index < -0.39 is 51.2 Å². The van der Waals surface area contributed by atoms with E-state index in [0.29, 0.717) is 34.7 Å². The third kappa shape index (κ3) is 8.26. The number of sulfonamides is 1. The zero-order valence-corrected chi connectivity index (χ0v) is 23.1. The number of rotatable bonds is 12. The van der Waals surface area contributed by atoms with E-state index in [1.54, 1.807) is 31.2 Å². The first kappa shape index (κ1) is 31.2. The van der Waals surface area contributed by atoms with Crippen LogP contribution in [0.25, 0.3) is 0 Å². The van der Waals surface area contributed by atoms with E-state index in [0.717, 1.165) is 18.4 Å². The van der Waals surface area contributed by atoms with Crippen molar-refractivity contribution in [1.29, 1.82) is 0 Å². The highest BCUT2D eigenvalue weighted by Gasteiger charge is 2.36. The summed E-state index contributed by atoms with van der Waals surface area (Å²) in [5.74, 6) is -0.695. The van der Waals surface area contributed by atoms with Gasteiger partial charge in [-0.2, -0.15) is 13.2 Å². The zero-order valence-electron chi connectivity index (χ0n) is 21.5. The van der Waals surface area contributed by atoms with Crippen LogP contribution in [-0.4, -0.2) is 57.6 Å². The summed E-state index contributed by atoms with van der Waals surface area (Å²) in [5, 5.41) is 2.13. The molecule has 0 saturated carbocycles. The molecule has 0 aliphatic heterocycles. The molecule has 13 heteroatoms. The number of ether oxygens (including phenoxy) is 1. The second-order valence-corrected chi connectivity index (χ2v) is 10.8. The van der Waals surface area contributed by atoms with E-state index in [4.69, 9.17) is 16.3 Å². The lowest BCUT2D eigenvalue weighted by atomic mass is 10.1. The Hall–Kier alpha value is -2.99. The molecule has 0 saturated heterocycles. The van der Waals surface area contributed by atoms with Gasteiger partial charge in [0, 0.05) is 13.1 Å². The third-order valence-electron chi connectivity index (χ3n) is 5.64. The maximum atomic E-state index is 13.6. The van der Waals surface area contributed by atoms with Crippen molar-refractivity contribution in [3.63, 3.8) is 0 Å². The molecule has 1 N–H and O–H groups in total. The van der Waals surface area contributed by atoms with Gasteiger partial charge in [-0.3, -0.25) is 13.9 Å². The van der Waals surface area contributed by atoms with Gasteiger partial charge < -0.3 is 15.0 Å². The van der Waals surface area contributed by atoms with Crippen molar-refractivity contribution in [3.05, 3.63) is 58.6 Å². The topological polar surface area (TPSA) is 96.0 Å². The molecule has 0 spiro atoms. The van der Waals surface area contributed by atoms with Gasteiger partial charge in [0.05, 0.1) is 29.6 Å². The average Bonchev–Trinajstić information content (AvgIpc) is 2.84. The van der Waals surface area contributed by atoms with Crippen LogP contribution in [0, 0.1) is 0 Å². The average molecular weight is 578 g/mol. The van der Waals surface area contributed by atoms with Gasteiger partial charge in [0.25, 0.3) is 0 Å². The fourth-order valence-electron chi connectivity index (χ4n) is 3.75. The molecule has 0 bridgehead atoms. The van der Waals surface area contributed by atoms with Crippen molar-refractivity contribution in [3.8, 4) is 5.75 Å². The van der Waals surface area contributed by atoms with E-state index in [1.165, 1.54) is 12.0 Å². The maximum absolute atomic E-state index is 13.6. The number of benzene rings is 2. The Labute approximate surface area is 225 Å². The Morgan fingerprint density at radius 3 is 2.37 bits per heavy atom. The number of nitrogens with zero attached hydrogens (tertiary/aromatic N) is 2. The van der Waals surface area contributed by atoms with Crippen molar-refractivity contribution in [2.24, 2.45) is 0 Å². The van der Waals surface area contributed by atoms with E-state index in [1.807, 2.05) is 6.92 Å². The standard InChI is InChI=1S/C25H31ClF3N3O5S/c1-5-12-30-24(34)22(6-2)31(15-17-8-7-9-19(13-17)37-3)23(33)16-32(38(4,35)36)18-10-11-21(26)20(14-18)25(27,28)29/h7-11,13-14,22H,5-6,12,15-16H2,1-4H3,(H,30,34)/t22-/m1/s1. The normalized spacial score (nSPS) is 12.5. The summed E-state index contributed by atoms with van der Waals surface area (Å²) >= 11 is 5.69. The predicted molar refractivity (Wildman–Crippen MR) is 140 cm³/mol.